The van der Waals surface area contributed by atoms with Crippen LogP contribution >= 0.6 is 11.3 Å². The van der Waals surface area contributed by atoms with Crippen molar-refractivity contribution >= 4 is 23.3 Å². The maximum absolute atomic E-state index is 11.6. The second-order valence-electron chi connectivity index (χ2n) is 5.04. The third-order valence-corrected chi connectivity index (χ3v) is 2.79. The van der Waals surface area contributed by atoms with Gasteiger partial charge in [-0.1, -0.05) is 0 Å². The van der Waals surface area contributed by atoms with E-state index in [0.29, 0.717) is 6.54 Å². The lowest BCUT2D eigenvalue weighted by atomic mass is 10.2. The van der Waals surface area contributed by atoms with Gasteiger partial charge in [-0.3, -0.25) is 4.79 Å². The van der Waals surface area contributed by atoms with Crippen molar-refractivity contribution in [2.45, 2.75) is 32.9 Å². The van der Waals surface area contributed by atoms with E-state index in [-0.39, 0.29) is 12.5 Å². The molecule has 19 heavy (non-hydrogen) atoms. The number of hydrogen-bond donors (Lipinski definition) is 1. The Morgan fingerprint density at radius 1 is 1.47 bits per heavy atom. The van der Waals surface area contributed by atoms with Gasteiger partial charge in [-0.25, -0.2) is 9.78 Å². The molecule has 0 aliphatic heterocycles. The Balaban J connectivity index is 2.33. The van der Waals surface area contributed by atoms with Crippen LogP contribution in [0, 0.1) is 0 Å². The van der Waals surface area contributed by atoms with Crippen LogP contribution in [0.5, 0.6) is 0 Å². The zero-order valence-corrected chi connectivity index (χ0v) is 12.4. The van der Waals surface area contributed by atoms with E-state index >= 15 is 0 Å². The van der Waals surface area contributed by atoms with Gasteiger partial charge in [0.05, 0.1) is 6.54 Å². The molecular weight excluding hydrogens is 266 g/mol. The first-order chi connectivity index (χ1) is 8.78. The smallest absolute Gasteiger partial charge is 0.410 e. The number of nitrogens with zero attached hydrogens (tertiary/aromatic N) is 2. The predicted octanol–water partition coefficient (Wildman–Crippen LogP) is 1.63. The topological polar surface area (TPSA) is 71.5 Å². The number of rotatable bonds is 4. The summed E-state index contributed by atoms with van der Waals surface area (Å²) in [5.74, 6) is -0.247. The lowest BCUT2D eigenvalue weighted by Gasteiger charge is -2.24. The highest BCUT2D eigenvalue weighted by Gasteiger charge is 2.20. The van der Waals surface area contributed by atoms with Gasteiger partial charge >= 0.3 is 6.09 Å². The lowest BCUT2D eigenvalue weighted by molar-refractivity contribution is -0.122. The van der Waals surface area contributed by atoms with Gasteiger partial charge in [0.15, 0.2) is 0 Å². The quantitative estimate of drug-likeness (QED) is 0.912. The van der Waals surface area contributed by atoms with Crippen LogP contribution in [0.15, 0.2) is 11.6 Å². The molecule has 0 saturated carbocycles. The van der Waals surface area contributed by atoms with Gasteiger partial charge in [0.1, 0.15) is 17.2 Å². The first kappa shape index (κ1) is 15.4. The summed E-state index contributed by atoms with van der Waals surface area (Å²) in [5, 5.41) is 5.36. The Kier molecular flexibility index (Phi) is 5.29. The van der Waals surface area contributed by atoms with E-state index in [2.05, 4.69) is 10.3 Å². The van der Waals surface area contributed by atoms with E-state index in [1.807, 2.05) is 5.38 Å². The summed E-state index contributed by atoms with van der Waals surface area (Å²) in [6.07, 6.45) is 1.16. The van der Waals surface area contributed by atoms with Crippen molar-refractivity contribution in [3.63, 3.8) is 0 Å². The average molecular weight is 285 g/mol. The first-order valence-corrected chi connectivity index (χ1v) is 6.75. The van der Waals surface area contributed by atoms with Crippen LogP contribution in [0.1, 0.15) is 25.8 Å². The maximum Gasteiger partial charge on any atom is 0.410 e. The summed E-state index contributed by atoms with van der Waals surface area (Å²) in [4.78, 5) is 28.6. The lowest BCUT2D eigenvalue weighted by Crippen LogP contribution is -2.40. The maximum atomic E-state index is 11.6. The van der Waals surface area contributed by atoms with Gasteiger partial charge in [-0.2, -0.15) is 0 Å². The van der Waals surface area contributed by atoms with Crippen molar-refractivity contribution in [1.82, 2.24) is 15.2 Å². The number of ether oxygens (including phenoxy) is 1. The molecule has 1 N–H and O–H groups in total. The number of hydrogen-bond acceptors (Lipinski definition) is 5. The van der Waals surface area contributed by atoms with E-state index in [1.165, 1.54) is 23.3 Å². The molecule has 1 rings (SSSR count). The van der Waals surface area contributed by atoms with Gasteiger partial charge in [0.2, 0.25) is 5.91 Å². The molecule has 6 nitrogen and oxygen atoms in total. The van der Waals surface area contributed by atoms with Gasteiger partial charge < -0.3 is 15.0 Å². The van der Waals surface area contributed by atoms with Crippen molar-refractivity contribution in [3.05, 3.63) is 16.6 Å². The van der Waals surface area contributed by atoms with Crippen molar-refractivity contribution in [1.29, 1.82) is 0 Å². The fourth-order valence-corrected chi connectivity index (χ4v) is 1.75. The highest BCUT2D eigenvalue weighted by atomic mass is 32.1. The molecule has 0 spiro atoms. The third-order valence-electron chi connectivity index (χ3n) is 2.01. The number of likely N-dealkylation sites (N-methyl/N-ethyl adjacent to an activating group) is 1. The number of thiazole rings is 1. The third kappa shape index (κ3) is 6.19. The molecule has 0 unspecified atom stereocenters. The monoisotopic (exact) mass is 285 g/mol. The molecule has 0 fully saturated rings. The number of carbonyl (C=O) groups excluding carboxylic acids is 2. The Morgan fingerprint density at radius 2 is 2.16 bits per heavy atom. The van der Waals surface area contributed by atoms with Crippen LogP contribution in [0.2, 0.25) is 0 Å². The van der Waals surface area contributed by atoms with Crippen LogP contribution in [0.4, 0.5) is 4.79 Å². The second kappa shape index (κ2) is 6.51. The number of nitrogens with one attached hydrogen (secondary N) is 1. The van der Waals surface area contributed by atoms with Crippen molar-refractivity contribution in [2.24, 2.45) is 0 Å². The second-order valence-corrected chi connectivity index (χ2v) is 6.02. The van der Waals surface area contributed by atoms with E-state index in [9.17, 15) is 9.59 Å². The minimum Gasteiger partial charge on any atom is -0.444 e. The SMILES string of the molecule is CN(CC(=O)NCc1nccs1)C(=O)OC(C)(C)C. The summed E-state index contributed by atoms with van der Waals surface area (Å²) in [7, 11) is 1.52. The van der Waals surface area contributed by atoms with Crippen LogP contribution in [-0.4, -0.2) is 41.1 Å². The van der Waals surface area contributed by atoms with Crippen LogP contribution < -0.4 is 5.32 Å². The normalized spacial score (nSPS) is 10.9. The molecule has 0 atom stereocenters. The zero-order chi connectivity index (χ0) is 14.5. The Morgan fingerprint density at radius 3 is 2.68 bits per heavy atom. The molecule has 0 radical (unpaired) electrons. The summed E-state index contributed by atoms with van der Waals surface area (Å²) >= 11 is 1.47. The summed E-state index contributed by atoms with van der Waals surface area (Å²) < 4.78 is 5.15. The molecule has 7 heteroatoms. The van der Waals surface area contributed by atoms with Crippen LogP contribution in [-0.2, 0) is 16.1 Å². The summed E-state index contributed by atoms with van der Waals surface area (Å²) in [6.45, 7) is 5.67. The Bertz CT molecular complexity index is 426. The van der Waals surface area contributed by atoms with E-state index < -0.39 is 11.7 Å². The molecule has 1 aromatic heterocycles. The summed E-state index contributed by atoms with van der Waals surface area (Å²) in [6, 6.07) is 0. The molecule has 0 aliphatic rings. The molecule has 0 bridgehead atoms. The van der Waals surface area contributed by atoms with Gasteiger partial charge in [0.25, 0.3) is 0 Å². The summed E-state index contributed by atoms with van der Waals surface area (Å²) in [5.41, 5.74) is -0.567. The Hall–Kier alpha value is -1.63. The fraction of sp³-hybridized carbons (Fsp3) is 0.583. The first-order valence-electron chi connectivity index (χ1n) is 5.87. The minimum atomic E-state index is -0.567. The minimum absolute atomic E-state index is 0.0414. The van der Waals surface area contributed by atoms with E-state index in [0.717, 1.165) is 5.01 Å². The molecule has 0 aliphatic carbocycles. The molecular formula is C12H19N3O3S. The molecule has 106 valence electrons. The predicted molar refractivity (Wildman–Crippen MR) is 72.8 cm³/mol. The van der Waals surface area contributed by atoms with E-state index in [4.69, 9.17) is 4.74 Å². The molecule has 1 aromatic rings. The molecule has 0 aromatic carbocycles. The largest absolute Gasteiger partial charge is 0.444 e. The molecule has 2 amide bonds. The van der Waals surface area contributed by atoms with Crippen molar-refractivity contribution in [3.8, 4) is 0 Å². The number of carbonyl (C=O) groups is 2. The van der Waals surface area contributed by atoms with Crippen LogP contribution in [0.25, 0.3) is 0 Å². The fourth-order valence-electron chi connectivity index (χ4n) is 1.19. The zero-order valence-electron chi connectivity index (χ0n) is 11.6. The highest BCUT2D eigenvalue weighted by Crippen LogP contribution is 2.08. The standard InChI is InChI=1S/C12H19N3O3S/c1-12(2,3)18-11(17)15(4)8-9(16)14-7-10-13-5-6-19-10/h5-6H,7-8H2,1-4H3,(H,14,16). The highest BCUT2D eigenvalue weighted by molar-refractivity contribution is 7.09. The van der Waals surface area contributed by atoms with Crippen LogP contribution in [0.3, 0.4) is 0 Å². The van der Waals surface area contributed by atoms with Gasteiger partial charge in [-0.05, 0) is 20.8 Å². The van der Waals surface area contributed by atoms with Gasteiger partial charge in [-0.15, -0.1) is 11.3 Å². The van der Waals surface area contributed by atoms with E-state index in [1.54, 1.807) is 27.0 Å². The molecule has 1 heterocycles. The molecule has 0 saturated heterocycles. The van der Waals surface area contributed by atoms with Gasteiger partial charge in [0, 0.05) is 18.6 Å². The van der Waals surface area contributed by atoms with Crippen molar-refractivity contribution in [2.75, 3.05) is 13.6 Å². The Labute approximate surface area is 116 Å². The number of aromatic nitrogens is 1. The van der Waals surface area contributed by atoms with Crippen molar-refractivity contribution < 1.29 is 14.3 Å². The average Bonchev–Trinajstić information content (AvgIpc) is 2.76. The number of amides is 2.